The minimum Gasteiger partial charge on any atom is -0.396 e. The highest BCUT2D eigenvalue weighted by molar-refractivity contribution is 5.74. The molecule has 0 bridgehead atoms. The molecule has 5 heteroatoms. The fourth-order valence-corrected chi connectivity index (χ4v) is 3.51. The summed E-state index contributed by atoms with van der Waals surface area (Å²) in [6.07, 6.45) is 3.64. The summed E-state index contributed by atoms with van der Waals surface area (Å²) in [6, 6.07) is 0.112. The quantitative estimate of drug-likeness (QED) is 0.569. The Hall–Kier alpha value is -0.810. The molecule has 0 atom stereocenters. The standard InChI is InChI=1S/C17H35N3O2/c1-15(2,12-21)8-7-9-18-14(22)19-13-10-16(3,4)20-17(5,6)11-13/h13,20-21H,7-12H2,1-6H3,(H2,18,19,22). The SMILES string of the molecule is CC(C)(CO)CCCNC(=O)NC1CC(C)(C)NC(C)(C)C1. The Morgan fingerprint density at radius 3 is 2.27 bits per heavy atom. The Labute approximate surface area is 135 Å². The van der Waals surface area contributed by atoms with E-state index in [4.69, 9.17) is 0 Å². The van der Waals surface area contributed by atoms with Crippen molar-refractivity contribution in [2.45, 2.75) is 84.3 Å². The third kappa shape index (κ3) is 6.97. The Balaban J connectivity index is 2.33. The highest BCUT2D eigenvalue weighted by Gasteiger charge is 2.38. The van der Waals surface area contributed by atoms with Gasteiger partial charge in [0, 0.05) is 30.3 Å². The van der Waals surface area contributed by atoms with Gasteiger partial charge < -0.3 is 21.1 Å². The molecule has 5 nitrogen and oxygen atoms in total. The number of hydrogen-bond acceptors (Lipinski definition) is 3. The van der Waals surface area contributed by atoms with Crippen LogP contribution in [0.5, 0.6) is 0 Å². The summed E-state index contributed by atoms with van der Waals surface area (Å²) < 4.78 is 0. The number of urea groups is 1. The van der Waals surface area contributed by atoms with Gasteiger partial charge in [0.2, 0.25) is 0 Å². The number of hydrogen-bond donors (Lipinski definition) is 4. The molecule has 4 N–H and O–H groups in total. The van der Waals surface area contributed by atoms with Crippen molar-refractivity contribution in [2.24, 2.45) is 5.41 Å². The monoisotopic (exact) mass is 313 g/mol. The first-order chi connectivity index (χ1) is 9.95. The van der Waals surface area contributed by atoms with Gasteiger partial charge in [0.15, 0.2) is 0 Å². The molecular weight excluding hydrogens is 278 g/mol. The summed E-state index contributed by atoms with van der Waals surface area (Å²) >= 11 is 0. The number of nitrogens with one attached hydrogen (secondary N) is 3. The zero-order chi connectivity index (χ0) is 17.0. The zero-order valence-electron chi connectivity index (χ0n) is 15.2. The van der Waals surface area contributed by atoms with Gasteiger partial charge >= 0.3 is 6.03 Å². The van der Waals surface area contributed by atoms with E-state index in [1.54, 1.807) is 0 Å². The van der Waals surface area contributed by atoms with E-state index < -0.39 is 0 Å². The van der Waals surface area contributed by atoms with Crippen molar-refractivity contribution >= 4 is 6.03 Å². The summed E-state index contributed by atoms with van der Waals surface area (Å²) in [4.78, 5) is 12.0. The topological polar surface area (TPSA) is 73.4 Å². The normalized spacial score (nSPS) is 21.4. The smallest absolute Gasteiger partial charge is 0.315 e. The average molecular weight is 313 g/mol. The number of rotatable bonds is 6. The lowest BCUT2D eigenvalue weighted by Gasteiger charge is -2.46. The van der Waals surface area contributed by atoms with Crippen molar-refractivity contribution in [3.63, 3.8) is 0 Å². The maximum Gasteiger partial charge on any atom is 0.315 e. The summed E-state index contributed by atoms with van der Waals surface area (Å²) in [5, 5.41) is 18.9. The van der Waals surface area contributed by atoms with Crippen LogP contribution in [0.15, 0.2) is 0 Å². The first kappa shape index (κ1) is 19.2. The molecule has 22 heavy (non-hydrogen) atoms. The maximum atomic E-state index is 12.0. The average Bonchev–Trinajstić information content (AvgIpc) is 2.30. The third-order valence-electron chi connectivity index (χ3n) is 4.27. The molecule has 0 saturated carbocycles. The molecule has 1 aliphatic heterocycles. The summed E-state index contributed by atoms with van der Waals surface area (Å²) in [6.45, 7) is 13.6. The van der Waals surface area contributed by atoms with Crippen molar-refractivity contribution in [3.8, 4) is 0 Å². The number of aliphatic hydroxyl groups is 1. The molecule has 0 aliphatic carbocycles. The van der Waals surface area contributed by atoms with Gasteiger partial charge in [-0.2, -0.15) is 0 Å². The van der Waals surface area contributed by atoms with Gasteiger partial charge in [-0.3, -0.25) is 0 Å². The van der Waals surface area contributed by atoms with Crippen LogP contribution in [-0.2, 0) is 0 Å². The van der Waals surface area contributed by atoms with E-state index in [0.717, 1.165) is 25.7 Å². The van der Waals surface area contributed by atoms with Crippen LogP contribution in [0.4, 0.5) is 4.79 Å². The first-order valence-corrected chi connectivity index (χ1v) is 8.39. The second kappa shape index (κ2) is 7.18. The van der Waals surface area contributed by atoms with Crippen LogP contribution in [0.3, 0.4) is 0 Å². The van der Waals surface area contributed by atoms with Crippen LogP contribution in [0, 0.1) is 5.41 Å². The highest BCUT2D eigenvalue weighted by atomic mass is 16.3. The molecule has 0 unspecified atom stereocenters. The molecule has 0 aromatic heterocycles. The van der Waals surface area contributed by atoms with Crippen LogP contribution in [0.1, 0.15) is 67.2 Å². The second-order valence-corrected chi connectivity index (χ2v) is 8.82. The molecule has 0 aromatic rings. The fraction of sp³-hybridized carbons (Fsp3) is 0.941. The van der Waals surface area contributed by atoms with Gasteiger partial charge in [0.1, 0.15) is 0 Å². The zero-order valence-corrected chi connectivity index (χ0v) is 15.2. The van der Waals surface area contributed by atoms with Crippen molar-refractivity contribution in [2.75, 3.05) is 13.2 Å². The summed E-state index contributed by atoms with van der Waals surface area (Å²) in [5.74, 6) is 0. The molecule has 1 aliphatic rings. The predicted molar refractivity (Wildman–Crippen MR) is 91.0 cm³/mol. The minimum atomic E-state index is -0.0831. The number of amides is 2. The van der Waals surface area contributed by atoms with E-state index in [2.05, 4.69) is 43.6 Å². The first-order valence-electron chi connectivity index (χ1n) is 8.39. The summed E-state index contributed by atoms with van der Waals surface area (Å²) in [7, 11) is 0. The van der Waals surface area contributed by atoms with Crippen molar-refractivity contribution < 1.29 is 9.90 Å². The number of carbonyl (C=O) groups is 1. The van der Waals surface area contributed by atoms with E-state index >= 15 is 0 Å². The van der Waals surface area contributed by atoms with E-state index in [9.17, 15) is 9.90 Å². The van der Waals surface area contributed by atoms with E-state index in [1.807, 2.05) is 13.8 Å². The highest BCUT2D eigenvalue weighted by Crippen LogP contribution is 2.28. The lowest BCUT2D eigenvalue weighted by molar-refractivity contribution is 0.145. The molecule has 1 rings (SSSR count). The minimum absolute atomic E-state index is 0.0326. The second-order valence-electron chi connectivity index (χ2n) is 8.82. The van der Waals surface area contributed by atoms with Crippen molar-refractivity contribution in [3.05, 3.63) is 0 Å². The lowest BCUT2D eigenvalue weighted by atomic mass is 9.80. The van der Waals surface area contributed by atoms with Crippen LogP contribution in [-0.4, -0.2) is 41.4 Å². The van der Waals surface area contributed by atoms with Gasteiger partial charge in [-0.05, 0) is 58.8 Å². The Kier molecular flexibility index (Phi) is 6.27. The third-order valence-corrected chi connectivity index (χ3v) is 4.27. The Morgan fingerprint density at radius 1 is 1.23 bits per heavy atom. The van der Waals surface area contributed by atoms with Crippen molar-refractivity contribution in [1.82, 2.24) is 16.0 Å². The molecule has 0 radical (unpaired) electrons. The molecule has 1 fully saturated rings. The van der Waals surface area contributed by atoms with Crippen molar-refractivity contribution in [1.29, 1.82) is 0 Å². The van der Waals surface area contributed by atoms with Crippen LogP contribution >= 0.6 is 0 Å². The number of carbonyl (C=O) groups excluding carboxylic acids is 1. The van der Waals surface area contributed by atoms with Gasteiger partial charge in [0.25, 0.3) is 0 Å². The van der Waals surface area contributed by atoms with Gasteiger partial charge in [-0.25, -0.2) is 4.79 Å². The molecule has 0 spiro atoms. The van der Waals surface area contributed by atoms with Gasteiger partial charge in [-0.1, -0.05) is 13.8 Å². The molecule has 130 valence electrons. The Bertz CT molecular complexity index is 362. The largest absolute Gasteiger partial charge is 0.396 e. The van der Waals surface area contributed by atoms with Crippen LogP contribution < -0.4 is 16.0 Å². The van der Waals surface area contributed by atoms with E-state index in [-0.39, 0.29) is 35.2 Å². The van der Waals surface area contributed by atoms with Crippen LogP contribution in [0.25, 0.3) is 0 Å². The molecule has 2 amide bonds. The predicted octanol–water partition coefficient (Wildman–Crippen LogP) is 2.39. The molecule has 1 heterocycles. The lowest BCUT2D eigenvalue weighted by Crippen LogP contribution is -2.62. The number of piperidine rings is 1. The summed E-state index contributed by atoms with van der Waals surface area (Å²) in [5.41, 5.74) is -0.00304. The molecule has 1 saturated heterocycles. The molecule has 0 aromatic carbocycles. The fourth-order valence-electron chi connectivity index (χ4n) is 3.51. The van der Waals surface area contributed by atoms with Gasteiger partial charge in [0.05, 0.1) is 0 Å². The Morgan fingerprint density at radius 2 is 1.77 bits per heavy atom. The molecular formula is C17H35N3O2. The van der Waals surface area contributed by atoms with Gasteiger partial charge in [-0.15, -0.1) is 0 Å². The van der Waals surface area contributed by atoms with E-state index in [0.29, 0.717) is 6.54 Å². The maximum absolute atomic E-state index is 12.0. The number of aliphatic hydroxyl groups excluding tert-OH is 1. The van der Waals surface area contributed by atoms with E-state index in [1.165, 1.54) is 0 Å². The van der Waals surface area contributed by atoms with Crippen LogP contribution in [0.2, 0.25) is 0 Å².